The Morgan fingerprint density at radius 1 is 1.26 bits per heavy atom. The number of ether oxygens (including phenoxy) is 1. The number of hydrogen-bond acceptors (Lipinski definition) is 3. The Morgan fingerprint density at radius 2 is 2.04 bits per heavy atom. The molecule has 3 aromatic rings. The van der Waals surface area contributed by atoms with Gasteiger partial charge in [-0.25, -0.2) is 4.39 Å². The van der Waals surface area contributed by atoms with Gasteiger partial charge in [0.15, 0.2) is 0 Å². The van der Waals surface area contributed by atoms with Crippen molar-refractivity contribution in [3.05, 3.63) is 57.7 Å². The topological polar surface area (TPSA) is 38.3 Å². The standard InChI is InChI=1S/C17H13ClFNO2S/c1-9-7-11(19)4-5-13(9)20-17(21)16-15(22-2)12-8-10(18)3-6-14(12)23-16/h3-8H,1-2H3,(H,20,21). The highest BCUT2D eigenvalue weighted by Gasteiger charge is 2.20. The van der Waals surface area contributed by atoms with E-state index >= 15 is 0 Å². The second-order valence-electron chi connectivity index (χ2n) is 5.02. The van der Waals surface area contributed by atoms with E-state index < -0.39 is 0 Å². The second kappa shape index (κ2) is 6.18. The maximum atomic E-state index is 13.2. The normalized spacial score (nSPS) is 10.8. The minimum atomic E-state index is -0.338. The zero-order valence-electron chi connectivity index (χ0n) is 12.4. The average molecular weight is 350 g/mol. The van der Waals surface area contributed by atoms with Gasteiger partial charge in [0.05, 0.1) is 7.11 Å². The number of thiophene rings is 1. The molecule has 0 fully saturated rings. The van der Waals surface area contributed by atoms with E-state index in [9.17, 15) is 9.18 Å². The molecular weight excluding hydrogens is 337 g/mol. The fourth-order valence-electron chi connectivity index (χ4n) is 2.35. The summed E-state index contributed by atoms with van der Waals surface area (Å²) in [6.45, 7) is 1.74. The lowest BCUT2D eigenvalue weighted by Gasteiger charge is -2.08. The quantitative estimate of drug-likeness (QED) is 0.700. The Hall–Kier alpha value is -2.11. The van der Waals surface area contributed by atoms with Gasteiger partial charge < -0.3 is 10.1 Å². The first kappa shape index (κ1) is 15.8. The van der Waals surface area contributed by atoms with Crippen molar-refractivity contribution in [3.8, 4) is 5.75 Å². The lowest BCUT2D eigenvalue weighted by atomic mass is 10.2. The lowest BCUT2D eigenvalue weighted by molar-refractivity contribution is 0.102. The zero-order chi connectivity index (χ0) is 16.6. The van der Waals surface area contributed by atoms with Crippen molar-refractivity contribution in [2.24, 2.45) is 0 Å². The van der Waals surface area contributed by atoms with Crippen LogP contribution in [0.4, 0.5) is 10.1 Å². The molecule has 0 aliphatic carbocycles. The third kappa shape index (κ3) is 3.02. The number of nitrogens with one attached hydrogen (secondary N) is 1. The Labute approximate surface area is 141 Å². The number of carbonyl (C=O) groups excluding carboxylic acids is 1. The van der Waals surface area contributed by atoms with Gasteiger partial charge in [0.1, 0.15) is 16.4 Å². The molecule has 0 unspecified atom stereocenters. The summed E-state index contributed by atoms with van der Waals surface area (Å²) < 4.78 is 19.5. The molecule has 0 atom stereocenters. The molecule has 118 valence electrons. The maximum Gasteiger partial charge on any atom is 0.269 e. The first-order chi connectivity index (χ1) is 11.0. The fourth-order valence-corrected chi connectivity index (χ4v) is 3.57. The molecule has 3 rings (SSSR count). The number of fused-ring (bicyclic) bond motifs is 1. The van der Waals surface area contributed by atoms with Gasteiger partial charge in [-0.3, -0.25) is 4.79 Å². The maximum absolute atomic E-state index is 13.2. The van der Waals surface area contributed by atoms with Gasteiger partial charge >= 0.3 is 0 Å². The van der Waals surface area contributed by atoms with Gasteiger partial charge in [-0.2, -0.15) is 0 Å². The van der Waals surface area contributed by atoms with Crippen LogP contribution < -0.4 is 10.1 Å². The van der Waals surface area contributed by atoms with E-state index in [1.165, 1.54) is 30.6 Å². The summed E-state index contributed by atoms with van der Waals surface area (Å²) >= 11 is 7.34. The number of rotatable bonds is 3. The van der Waals surface area contributed by atoms with Crippen LogP contribution in [0, 0.1) is 12.7 Å². The molecule has 1 aromatic heterocycles. The molecule has 3 nitrogen and oxygen atoms in total. The zero-order valence-corrected chi connectivity index (χ0v) is 14.0. The molecule has 1 N–H and O–H groups in total. The van der Waals surface area contributed by atoms with Crippen molar-refractivity contribution in [3.63, 3.8) is 0 Å². The summed E-state index contributed by atoms with van der Waals surface area (Å²) in [6, 6.07) is 9.61. The number of amides is 1. The monoisotopic (exact) mass is 349 g/mol. The summed E-state index contributed by atoms with van der Waals surface area (Å²) in [5, 5.41) is 4.17. The molecule has 6 heteroatoms. The van der Waals surface area contributed by atoms with Crippen LogP contribution in [0.15, 0.2) is 36.4 Å². The van der Waals surface area contributed by atoms with Crippen LogP contribution in [0.1, 0.15) is 15.2 Å². The predicted octanol–water partition coefficient (Wildman–Crippen LogP) is 5.26. The Morgan fingerprint density at radius 3 is 2.74 bits per heavy atom. The van der Waals surface area contributed by atoms with Crippen LogP contribution >= 0.6 is 22.9 Å². The third-order valence-corrected chi connectivity index (χ3v) is 4.84. The van der Waals surface area contributed by atoms with Crippen molar-refractivity contribution in [2.45, 2.75) is 6.92 Å². The van der Waals surface area contributed by atoms with Crippen molar-refractivity contribution in [1.29, 1.82) is 0 Å². The number of carbonyl (C=O) groups is 1. The summed E-state index contributed by atoms with van der Waals surface area (Å²) in [4.78, 5) is 13.0. The van der Waals surface area contributed by atoms with Crippen LogP contribution in [0.5, 0.6) is 5.75 Å². The largest absolute Gasteiger partial charge is 0.494 e. The molecule has 0 bridgehead atoms. The molecule has 23 heavy (non-hydrogen) atoms. The summed E-state index contributed by atoms with van der Waals surface area (Å²) in [7, 11) is 1.52. The van der Waals surface area contributed by atoms with E-state index in [1.807, 2.05) is 6.07 Å². The van der Waals surface area contributed by atoms with Gasteiger partial charge in [0, 0.05) is 20.8 Å². The number of benzene rings is 2. The Bertz CT molecular complexity index is 907. The molecule has 2 aromatic carbocycles. The molecule has 0 aliphatic heterocycles. The first-order valence-electron chi connectivity index (χ1n) is 6.83. The molecule has 0 saturated carbocycles. The summed E-state index contributed by atoms with van der Waals surface area (Å²) in [5.41, 5.74) is 1.22. The van der Waals surface area contributed by atoms with Crippen LogP contribution in [0.2, 0.25) is 5.02 Å². The second-order valence-corrected chi connectivity index (χ2v) is 6.51. The van der Waals surface area contributed by atoms with Crippen molar-refractivity contribution >= 4 is 44.6 Å². The number of hydrogen-bond donors (Lipinski definition) is 1. The smallest absolute Gasteiger partial charge is 0.269 e. The van der Waals surface area contributed by atoms with Crippen LogP contribution in [0.25, 0.3) is 10.1 Å². The highest BCUT2D eigenvalue weighted by atomic mass is 35.5. The van der Waals surface area contributed by atoms with Gasteiger partial charge in [-0.1, -0.05) is 11.6 Å². The highest BCUT2D eigenvalue weighted by Crippen LogP contribution is 2.39. The predicted molar refractivity (Wildman–Crippen MR) is 92.5 cm³/mol. The summed E-state index contributed by atoms with van der Waals surface area (Å²) in [6.07, 6.45) is 0. The minimum absolute atomic E-state index is 0.297. The molecule has 0 spiro atoms. The fraction of sp³-hybridized carbons (Fsp3) is 0.118. The van der Waals surface area contributed by atoms with E-state index in [0.717, 1.165) is 10.1 Å². The molecule has 1 amide bonds. The molecule has 0 saturated heterocycles. The van der Waals surface area contributed by atoms with Crippen LogP contribution in [-0.4, -0.2) is 13.0 Å². The van der Waals surface area contributed by atoms with Gasteiger partial charge in [-0.15, -0.1) is 11.3 Å². The number of halogens is 2. The SMILES string of the molecule is COc1c(C(=O)Nc2ccc(F)cc2C)sc2ccc(Cl)cc12. The lowest BCUT2D eigenvalue weighted by Crippen LogP contribution is -2.12. The number of methoxy groups -OCH3 is 1. The average Bonchev–Trinajstić information content (AvgIpc) is 2.87. The van der Waals surface area contributed by atoms with Crippen LogP contribution in [0.3, 0.4) is 0 Å². The van der Waals surface area contributed by atoms with E-state index in [-0.39, 0.29) is 11.7 Å². The highest BCUT2D eigenvalue weighted by molar-refractivity contribution is 7.21. The number of aryl methyl sites for hydroxylation is 1. The van der Waals surface area contributed by atoms with Gasteiger partial charge in [0.2, 0.25) is 0 Å². The Kier molecular flexibility index (Phi) is 4.24. The van der Waals surface area contributed by atoms with Crippen molar-refractivity contribution < 1.29 is 13.9 Å². The molecule has 1 heterocycles. The van der Waals surface area contributed by atoms with E-state index in [1.54, 1.807) is 25.1 Å². The van der Waals surface area contributed by atoms with Crippen molar-refractivity contribution in [2.75, 3.05) is 12.4 Å². The Balaban J connectivity index is 2.00. The third-order valence-electron chi connectivity index (χ3n) is 3.45. The van der Waals surface area contributed by atoms with Crippen molar-refractivity contribution in [1.82, 2.24) is 0 Å². The van der Waals surface area contributed by atoms with Crippen LogP contribution in [-0.2, 0) is 0 Å². The van der Waals surface area contributed by atoms with E-state index in [4.69, 9.17) is 16.3 Å². The van der Waals surface area contributed by atoms with E-state index in [2.05, 4.69) is 5.32 Å². The summed E-state index contributed by atoms with van der Waals surface area (Å²) in [5.74, 6) is -0.145. The minimum Gasteiger partial charge on any atom is -0.494 e. The molecule has 0 aliphatic rings. The van der Waals surface area contributed by atoms with E-state index in [0.29, 0.717) is 26.9 Å². The first-order valence-corrected chi connectivity index (χ1v) is 8.02. The number of anilines is 1. The van der Waals surface area contributed by atoms with Gasteiger partial charge in [-0.05, 0) is 48.9 Å². The molecule has 0 radical (unpaired) electrons. The molecular formula is C17H13ClFNO2S. The van der Waals surface area contributed by atoms with Gasteiger partial charge in [0.25, 0.3) is 5.91 Å².